The molecule has 0 saturated heterocycles. The lowest BCUT2D eigenvalue weighted by molar-refractivity contribution is 0.263. The maximum Gasteiger partial charge on any atom is 0.229 e. The highest BCUT2D eigenvalue weighted by Gasteiger charge is 2.42. The van der Waals surface area contributed by atoms with Crippen LogP contribution in [0.4, 0.5) is 11.6 Å². The molecule has 0 amide bonds. The molecule has 0 bridgehead atoms. The zero-order valence-electron chi connectivity index (χ0n) is 17.3. The van der Waals surface area contributed by atoms with Gasteiger partial charge in [0.1, 0.15) is 16.6 Å². The monoisotopic (exact) mass is 422 g/mol. The van der Waals surface area contributed by atoms with E-state index in [0.29, 0.717) is 10.8 Å². The van der Waals surface area contributed by atoms with E-state index < -0.39 is 11.0 Å². The molecule has 1 saturated carbocycles. The highest BCUT2D eigenvalue weighted by Crippen LogP contribution is 2.44. The molecule has 1 aliphatic carbocycles. The minimum Gasteiger partial charge on any atom is -0.324 e. The van der Waals surface area contributed by atoms with E-state index >= 15 is 0 Å². The van der Waals surface area contributed by atoms with Gasteiger partial charge in [0.15, 0.2) is 0 Å². The summed E-state index contributed by atoms with van der Waals surface area (Å²) in [6.45, 7) is 4.30. The van der Waals surface area contributed by atoms with Crippen LogP contribution in [0.3, 0.4) is 0 Å². The molecule has 3 N–H and O–H groups in total. The summed E-state index contributed by atoms with van der Waals surface area (Å²) in [5, 5.41) is 9.73. The summed E-state index contributed by atoms with van der Waals surface area (Å²) in [6.07, 6.45) is 9.93. The molecule has 1 aliphatic heterocycles. The van der Waals surface area contributed by atoms with Crippen LogP contribution in [-0.4, -0.2) is 25.0 Å². The van der Waals surface area contributed by atoms with Crippen molar-refractivity contribution in [2.45, 2.75) is 61.9 Å². The Morgan fingerprint density at radius 1 is 1.13 bits per heavy atom. The Kier molecular flexibility index (Phi) is 4.52. The molecule has 3 heterocycles. The fourth-order valence-electron chi connectivity index (χ4n) is 4.67. The second-order valence-electron chi connectivity index (χ2n) is 8.77. The van der Waals surface area contributed by atoms with Crippen molar-refractivity contribution in [2.75, 3.05) is 5.32 Å². The average molecular weight is 423 g/mol. The van der Waals surface area contributed by atoms with E-state index in [4.69, 9.17) is 15.1 Å². The van der Waals surface area contributed by atoms with E-state index in [-0.39, 0.29) is 11.1 Å². The molecule has 1 aromatic carbocycles. The quantitative estimate of drug-likeness (QED) is 0.663. The Bertz CT molecular complexity index is 1160. The van der Waals surface area contributed by atoms with E-state index in [1.807, 2.05) is 18.3 Å². The Hall–Kier alpha value is -2.58. The van der Waals surface area contributed by atoms with E-state index in [9.17, 15) is 4.21 Å². The highest BCUT2D eigenvalue weighted by molar-refractivity contribution is 7.82. The van der Waals surface area contributed by atoms with Gasteiger partial charge in [-0.05, 0) is 57.0 Å². The van der Waals surface area contributed by atoms with Crippen molar-refractivity contribution in [2.24, 2.45) is 10.1 Å². The predicted octanol–water partition coefficient (Wildman–Crippen LogP) is 4.14. The molecule has 8 heteroatoms. The smallest absolute Gasteiger partial charge is 0.229 e. The first kappa shape index (κ1) is 19.4. The second kappa shape index (κ2) is 6.99. The van der Waals surface area contributed by atoms with E-state index in [2.05, 4.69) is 41.0 Å². The van der Waals surface area contributed by atoms with E-state index in [1.54, 1.807) is 12.1 Å². The molecule has 7 nitrogen and oxygen atoms in total. The van der Waals surface area contributed by atoms with Crippen molar-refractivity contribution in [3.8, 4) is 0 Å². The van der Waals surface area contributed by atoms with Gasteiger partial charge in [0.2, 0.25) is 5.95 Å². The van der Waals surface area contributed by atoms with E-state index in [1.165, 1.54) is 25.0 Å². The van der Waals surface area contributed by atoms with Crippen LogP contribution < -0.4 is 10.5 Å². The Balaban J connectivity index is 1.58. The number of nitrogens with one attached hydrogen (secondary N) is 1. The van der Waals surface area contributed by atoms with Gasteiger partial charge in [-0.2, -0.15) is 4.98 Å². The summed E-state index contributed by atoms with van der Waals surface area (Å²) in [5.74, 6) is 0.538. The minimum atomic E-state index is -1.49. The van der Waals surface area contributed by atoms with Crippen molar-refractivity contribution in [3.63, 3.8) is 0 Å². The first-order chi connectivity index (χ1) is 14.4. The first-order valence-corrected chi connectivity index (χ1v) is 11.6. The van der Waals surface area contributed by atoms with Gasteiger partial charge < -0.3 is 9.88 Å². The number of benzene rings is 1. The molecule has 3 aromatic rings. The largest absolute Gasteiger partial charge is 0.324 e. The molecule has 156 valence electrons. The van der Waals surface area contributed by atoms with Gasteiger partial charge in [-0.25, -0.2) is 14.3 Å². The number of hydrogen-bond acceptors (Lipinski definition) is 5. The molecule has 30 heavy (non-hydrogen) atoms. The van der Waals surface area contributed by atoms with Crippen molar-refractivity contribution >= 4 is 39.9 Å². The molecular weight excluding hydrogens is 396 g/mol. The summed E-state index contributed by atoms with van der Waals surface area (Å²) in [7, 11) is -1.49. The first-order valence-electron chi connectivity index (χ1n) is 10.4. The standard InChI is InChI=1S/C22H26N6OS/c1-21(2)18-12-15-13-24-20(26-16-6-8-17(9-7-16)30(23)29)27-19(15)28(18)22(14-25-21)10-4-3-5-11-22/h6-9,12-14H,3-5,10-11,23H2,1-2H3,(H,24,26,27). The lowest BCUT2D eigenvalue weighted by Crippen LogP contribution is -2.44. The number of nitrogens with zero attached hydrogens (tertiary/aromatic N) is 4. The van der Waals surface area contributed by atoms with Gasteiger partial charge in [0.25, 0.3) is 0 Å². The van der Waals surface area contributed by atoms with Gasteiger partial charge in [0, 0.05) is 29.2 Å². The lowest BCUT2D eigenvalue weighted by Gasteiger charge is -2.43. The number of fused-ring (bicyclic) bond motifs is 4. The summed E-state index contributed by atoms with van der Waals surface area (Å²) < 4.78 is 13.8. The zero-order valence-corrected chi connectivity index (χ0v) is 18.1. The van der Waals surface area contributed by atoms with Crippen LogP contribution >= 0.6 is 0 Å². The fourth-order valence-corrected chi connectivity index (χ4v) is 5.08. The van der Waals surface area contributed by atoms with Crippen LogP contribution in [0.5, 0.6) is 0 Å². The van der Waals surface area contributed by atoms with Crippen molar-refractivity contribution in [3.05, 3.63) is 42.2 Å². The number of nitrogens with two attached hydrogens (primary N) is 1. The lowest BCUT2D eigenvalue weighted by atomic mass is 9.80. The molecule has 1 spiro atoms. The van der Waals surface area contributed by atoms with Gasteiger partial charge in [-0.1, -0.05) is 19.3 Å². The number of anilines is 2. The summed E-state index contributed by atoms with van der Waals surface area (Å²) in [4.78, 5) is 15.0. The Morgan fingerprint density at radius 2 is 1.87 bits per heavy atom. The molecule has 1 fully saturated rings. The van der Waals surface area contributed by atoms with Crippen LogP contribution in [0.25, 0.3) is 11.0 Å². The second-order valence-corrected chi connectivity index (χ2v) is 9.83. The normalized spacial score (nSPS) is 20.2. The third-order valence-corrected chi connectivity index (χ3v) is 7.04. The van der Waals surface area contributed by atoms with Gasteiger partial charge in [-0.3, -0.25) is 4.99 Å². The number of aromatic nitrogens is 3. The molecular formula is C22H26N6OS. The highest BCUT2D eigenvalue weighted by atomic mass is 32.2. The van der Waals surface area contributed by atoms with Crippen molar-refractivity contribution in [1.82, 2.24) is 14.5 Å². The summed E-state index contributed by atoms with van der Waals surface area (Å²) in [6, 6.07) is 9.34. The van der Waals surface area contributed by atoms with E-state index in [0.717, 1.165) is 29.6 Å². The molecule has 1 unspecified atom stereocenters. The van der Waals surface area contributed by atoms with Crippen LogP contribution in [0.2, 0.25) is 0 Å². The predicted molar refractivity (Wildman–Crippen MR) is 120 cm³/mol. The summed E-state index contributed by atoms with van der Waals surface area (Å²) in [5.41, 5.74) is 2.59. The third kappa shape index (κ3) is 3.15. The number of rotatable bonds is 3. The van der Waals surface area contributed by atoms with Crippen molar-refractivity contribution in [1.29, 1.82) is 0 Å². The SMILES string of the molecule is CC1(C)N=CC2(CCCCC2)n2c1cc1cnc(Nc3ccc(S(N)=O)cc3)nc12. The Labute approximate surface area is 178 Å². The van der Waals surface area contributed by atoms with Crippen LogP contribution in [0, 0.1) is 0 Å². The maximum absolute atomic E-state index is 11.4. The number of hydrogen-bond donors (Lipinski definition) is 2. The third-order valence-electron chi connectivity index (χ3n) is 6.30. The van der Waals surface area contributed by atoms with Gasteiger partial charge >= 0.3 is 0 Å². The Morgan fingerprint density at radius 3 is 2.57 bits per heavy atom. The van der Waals surface area contributed by atoms with Crippen LogP contribution in [0.15, 0.2) is 46.4 Å². The maximum atomic E-state index is 11.4. The molecule has 2 aromatic heterocycles. The molecule has 2 aliphatic rings. The molecule has 1 atom stereocenters. The van der Waals surface area contributed by atoms with Gasteiger partial charge in [-0.15, -0.1) is 0 Å². The minimum absolute atomic E-state index is 0.0939. The van der Waals surface area contributed by atoms with Crippen molar-refractivity contribution < 1.29 is 4.21 Å². The zero-order chi connectivity index (χ0) is 20.9. The van der Waals surface area contributed by atoms with Crippen LogP contribution in [0.1, 0.15) is 51.6 Å². The molecule has 5 rings (SSSR count). The number of aliphatic imine (C=N–C) groups is 1. The van der Waals surface area contributed by atoms with Gasteiger partial charge in [0.05, 0.1) is 16.0 Å². The average Bonchev–Trinajstić information content (AvgIpc) is 3.14. The fraction of sp³-hybridized carbons (Fsp3) is 0.409. The molecule has 0 radical (unpaired) electrons. The topological polar surface area (TPSA) is 98.2 Å². The summed E-state index contributed by atoms with van der Waals surface area (Å²) >= 11 is 0. The van der Waals surface area contributed by atoms with Crippen LogP contribution in [-0.2, 0) is 22.1 Å².